The van der Waals surface area contributed by atoms with Gasteiger partial charge in [-0.3, -0.25) is 14.4 Å². The fraction of sp³-hybridized carbons (Fsp3) is 0.930. The van der Waals surface area contributed by atoms with Crippen LogP contribution in [0.25, 0.3) is 0 Å². The topological polar surface area (TPSA) is 78.9 Å². The summed E-state index contributed by atoms with van der Waals surface area (Å²) in [4.78, 5) is 37.5. The highest BCUT2D eigenvalue weighted by Crippen LogP contribution is 2.15. The Morgan fingerprint density at radius 2 is 0.551 bits per heavy atom. The normalized spacial score (nSPS) is 11.8. The Balaban J connectivity index is 4.31. The maximum Gasteiger partial charge on any atom is 0.306 e. The van der Waals surface area contributed by atoms with E-state index in [4.69, 9.17) is 14.2 Å². The predicted octanol–water partition coefficient (Wildman–Crippen LogP) is 13.3. The maximum absolute atomic E-state index is 12.6. The molecular formula is C43H82O6. The Morgan fingerprint density at radius 1 is 0.327 bits per heavy atom. The number of hydrogen-bond acceptors (Lipinski definition) is 6. The van der Waals surface area contributed by atoms with Gasteiger partial charge in [0.1, 0.15) is 13.2 Å². The third-order valence-corrected chi connectivity index (χ3v) is 9.61. The van der Waals surface area contributed by atoms with E-state index in [2.05, 4.69) is 20.8 Å². The first-order valence-electron chi connectivity index (χ1n) is 21.5. The van der Waals surface area contributed by atoms with Crippen LogP contribution in [0.15, 0.2) is 0 Å². The van der Waals surface area contributed by atoms with Gasteiger partial charge in [-0.05, 0) is 19.3 Å². The first-order valence-corrected chi connectivity index (χ1v) is 21.5. The first kappa shape index (κ1) is 47.4. The number of carbonyl (C=O) groups excluding carboxylic acids is 3. The van der Waals surface area contributed by atoms with E-state index < -0.39 is 6.10 Å². The molecule has 49 heavy (non-hydrogen) atoms. The zero-order chi connectivity index (χ0) is 35.9. The third kappa shape index (κ3) is 37.5. The minimum absolute atomic E-state index is 0.0634. The van der Waals surface area contributed by atoms with Gasteiger partial charge >= 0.3 is 17.9 Å². The van der Waals surface area contributed by atoms with Gasteiger partial charge in [0.15, 0.2) is 6.10 Å². The molecule has 0 N–H and O–H groups in total. The summed E-state index contributed by atoms with van der Waals surface area (Å²) in [5.74, 6) is -0.860. The summed E-state index contributed by atoms with van der Waals surface area (Å²) in [7, 11) is 0. The lowest BCUT2D eigenvalue weighted by Crippen LogP contribution is -2.30. The number of unbranched alkanes of at least 4 members (excludes halogenated alkanes) is 28. The van der Waals surface area contributed by atoms with Crippen molar-refractivity contribution in [1.82, 2.24) is 0 Å². The smallest absolute Gasteiger partial charge is 0.306 e. The number of carbonyl (C=O) groups is 3. The van der Waals surface area contributed by atoms with Crippen LogP contribution in [0.3, 0.4) is 0 Å². The molecule has 6 heteroatoms. The minimum atomic E-state index is -0.756. The SMILES string of the molecule is CCCCCCCCCCCCCCC(=O)OCC(COC(=O)CCCCCCCCCC)OC(=O)CCCCCCCCCCCCC. The monoisotopic (exact) mass is 695 g/mol. The third-order valence-electron chi connectivity index (χ3n) is 9.61. The zero-order valence-electron chi connectivity index (χ0n) is 33.0. The van der Waals surface area contributed by atoms with E-state index >= 15 is 0 Å². The lowest BCUT2D eigenvalue weighted by molar-refractivity contribution is -0.167. The lowest BCUT2D eigenvalue weighted by atomic mass is 10.0. The number of hydrogen-bond donors (Lipinski definition) is 0. The average Bonchev–Trinajstić information content (AvgIpc) is 3.10. The van der Waals surface area contributed by atoms with E-state index in [1.807, 2.05) is 0 Å². The molecule has 1 unspecified atom stereocenters. The van der Waals surface area contributed by atoms with Gasteiger partial charge in [0.05, 0.1) is 0 Å². The predicted molar refractivity (Wildman–Crippen MR) is 206 cm³/mol. The van der Waals surface area contributed by atoms with Gasteiger partial charge in [-0.1, -0.05) is 201 Å². The summed E-state index contributed by atoms with van der Waals surface area (Å²) in [6.45, 7) is 6.60. The molecule has 0 fully saturated rings. The summed E-state index contributed by atoms with van der Waals surface area (Å²) >= 11 is 0. The summed E-state index contributed by atoms with van der Waals surface area (Å²) < 4.78 is 16.6. The molecule has 0 aromatic carbocycles. The Labute approximate surface area is 304 Å². The number of esters is 3. The Bertz CT molecular complexity index is 723. The van der Waals surface area contributed by atoms with E-state index in [0.717, 1.165) is 57.8 Å². The van der Waals surface area contributed by atoms with Crippen molar-refractivity contribution in [1.29, 1.82) is 0 Å². The molecule has 0 rings (SSSR count). The van der Waals surface area contributed by atoms with Gasteiger partial charge in [-0.15, -0.1) is 0 Å². The van der Waals surface area contributed by atoms with Crippen molar-refractivity contribution < 1.29 is 28.6 Å². The molecule has 0 amide bonds. The van der Waals surface area contributed by atoms with Crippen molar-refractivity contribution in [3.63, 3.8) is 0 Å². The number of ether oxygens (including phenoxy) is 3. The van der Waals surface area contributed by atoms with Crippen LogP contribution in [0.4, 0.5) is 0 Å². The standard InChI is InChI=1S/C43H82O6/c1-4-7-10-13-16-19-21-23-24-27-30-33-36-42(45)48-39-40(38-47-41(44)35-32-29-26-18-15-12-9-6-3)49-43(46)37-34-31-28-25-22-20-17-14-11-8-5-2/h40H,4-39H2,1-3H3. The van der Waals surface area contributed by atoms with Crippen molar-refractivity contribution in [3.8, 4) is 0 Å². The summed E-state index contributed by atoms with van der Waals surface area (Å²) in [5.41, 5.74) is 0. The van der Waals surface area contributed by atoms with Gasteiger partial charge in [0, 0.05) is 19.3 Å². The van der Waals surface area contributed by atoms with Crippen LogP contribution in [0.5, 0.6) is 0 Å². The second-order valence-corrected chi connectivity index (χ2v) is 14.6. The molecule has 6 nitrogen and oxygen atoms in total. The molecule has 0 aromatic heterocycles. The van der Waals surface area contributed by atoms with Crippen molar-refractivity contribution in [3.05, 3.63) is 0 Å². The van der Waals surface area contributed by atoms with Gasteiger partial charge in [0.2, 0.25) is 0 Å². The highest BCUT2D eigenvalue weighted by Gasteiger charge is 2.19. The molecule has 0 aliphatic rings. The van der Waals surface area contributed by atoms with E-state index in [1.165, 1.54) is 141 Å². The molecule has 0 heterocycles. The maximum atomic E-state index is 12.6. The molecule has 0 saturated carbocycles. The molecule has 290 valence electrons. The van der Waals surface area contributed by atoms with Crippen LogP contribution in [-0.2, 0) is 28.6 Å². The van der Waals surface area contributed by atoms with Crippen molar-refractivity contribution >= 4 is 17.9 Å². The second-order valence-electron chi connectivity index (χ2n) is 14.6. The fourth-order valence-corrected chi connectivity index (χ4v) is 6.32. The quantitative estimate of drug-likeness (QED) is 0.0362. The Kier molecular flexibility index (Phi) is 37.9. The van der Waals surface area contributed by atoms with E-state index in [-0.39, 0.29) is 31.1 Å². The molecule has 0 aliphatic carbocycles. The van der Waals surface area contributed by atoms with Crippen molar-refractivity contribution in [2.45, 2.75) is 245 Å². The fourth-order valence-electron chi connectivity index (χ4n) is 6.32. The second kappa shape index (κ2) is 39.2. The molecule has 0 bridgehead atoms. The average molecular weight is 695 g/mol. The molecule has 0 aliphatic heterocycles. The number of rotatable bonds is 39. The molecule has 1 atom stereocenters. The first-order chi connectivity index (χ1) is 24.0. The van der Waals surface area contributed by atoms with Gasteiger partial charge in [-0.2, -0.15) is 0 Å². The zero-order valence-corrected chi connectivity index (χ0v) is 33.0. The lowest BCUT2D eigenvalue weighted by Gasteiger charge is -2.18. The van der Waals surface area contributed by atoms with Crippen molar-refractivity contribution in [2.75, 3.05) is 13.2 Å². The molecule has 0 spiro atoms. The Morgan fingerprint density at radius 3 is 0.816 bits per heavy atom. The van der Waals surface area contributed by atoms with Gasteiger partial charge in [0.25, 0.3) is 0 Å². The van der Waals surface area contributed by atoms with Crippen molar-refractivity contribution in [2.24, 2.45) is 0 Å². The van der Waals surface area contributed by atoms with E-state index in [0.29, 0.717) is 19.3 Å². The molecule has 0 radical (unpaired) electrons. The van der Waals surface area contributed by atoms with Gasteiger partial charge in [-0.25, -0.2) is 0 Å². The minimum Gasteiger partial charge on any atom is -0.462 e. The highest BCUT2D eigenvalue weighted by atomic mass is 16.6. The molecule has 0 aromatic rings. The summed E-state index contributed by atoms with van der Waals surface area (Å²) in [6, 6.07) is 0. The molecular weight excluding hydrogens is 612 g/mol. The van der Waals surface area contributed by atoms with E-state index in [9.17, 15) is 14.4 Å². The van der Waals surface area contributed by atoms with Gasteiger partial charge < -0.3 is 14.2 Å². The summed E-state index contributed by atoms with van der Waals surface area (Å²) in [5, 5.41) is 0. The van der Waals surface area contributed by atoms with E-state index in [1.54, 1.807) is 0 Å². The van der Waals surface area contributed by atoms with Crippen LogP contribution >= 0.6 is 0 Å². The Hall–Kier alpha value is -1.59. The van der Waals surface area contributed by atoms with Crippen LogP contribution in [0.1, 0.15) is 239 Å². The van der Waals surface area contributed by atoms with Crippen LogP contribution in [0, 0.1) is 0 Å². The molecule has 0 saturated heterocycles. The van der Waals surface area contributed by atoms with Crippen LogP contribution in [0.2, 0.25) is 0 Å². The summed E-state index contributed by atoms with van der Waals surface area (Å²) in [6.07, 6.45) is 38.0. The largest absolute Gasteiger partial charge is 0.462 e. The highest BCUT2D eigenvalue weighted by molar-refractivity contribution is 5.71. The van der Waals surface area contributed by atoms with Crippen LogP contribution in [-0.4, -0.2) is 37.2 Å². The van der Waals surface area contributed by atoms with Crippen LogP contribution < -0.4 is 0 Å².